The SMILES string of the molecule is CC1(C(O)CO)COCCN1. The fraction of sp³-hybridized carbons (Fsp3) is 1.00. The molecule has 1 saturated heterocycles. The zero-order valence-electron chi connectivity index (χ0n) is 6.71. The van der Waals surface area contributed by atoms with Crippen molar-refractivity contribution in [1.29, 1.82) is 0 Å². The Kier molecular flexibility index (Phi) is 2.84. The Hall–Kier alpha value is -0.160. The van der Waals surface area contributed by atoms with Crippen LogP contribution in [0.5, 0.6) is 0 Å². The standard InChI is InChI=1S/C7H15NO3/c1-7(6(10)4-9)5-11-3-2-8-7/h6,8-10H,2-5H2,1H3. The van der Waals surface area contributed by atoms with E-state index in [4.69, 9.17) is 9.84 Å². The first-order chi connectivity index (χ1) is 5.19. The summed E-state index contributed by atoms with van der Waals surface area (Å²) in [7, 11) is 0. The van der Waals surface area contributed by atoms with Crippen LogP contribution in [-0.4, -0.2) is 48.2 Å². The quantitative estimate of drug-likeness (QED) is 0.472. The van der Waals surface area contributed by atoms with Crippen LogP contribution in [-0.2, 0) is 4.74 Å². The van der Waals surface area contributed by atoms with Crippen LogP contribution in [0.3, 0.4) is 0 Å². The average Bonchev–Trinajstić information content (AvgIpc) is 2.04. The topological polar surface area (TPSA) is 61.7 Å². The summed E-state index contributed by atoms with van der Waals surface area (Å²) in [6.45, 7) is 3.47. The van der Waals surface area contributed by atoms with E-state index in [2.05, 4.69) is 5.32 Å². The lowest BCUT2D eigenvalue weighted by molar-refractivity contribution is -0.0519. The fourth-order valence-corrected chi connectivity index (χ4v) is 1.16. The molecule has 1 aliphatic rings. The molecule has 1 heterocycles. The van der Waals surface area contributed by atoms with E-state index in [0.717, 1.165) is 6.54 Å². The Morgan fingerprint density at radius 3 is 2.91 bits per heavy atom. The lowest BCUT2D eigenvalue weighted by atomic mass is 9.95. The third kappa shape index (κ3) is 1.90. The first-order valence-corrected chi connectivity index (χ1v) is 3.81. The van der Waals surface area contributed by atoms with Gasteiger partial charge < -0.3 is 20.3 Å². The monoisotopic (exact) mass is 161 g/mol. The van der Waals surface area contributed by atoms with E-state index in [1.165, 1.54) is 0 Å². The number of aliphatic hydroxyl groups excluding tert-OH is 2. The van der Waals surface area contributed by atoms with Crippen LogP contribution in [0.2, 0.25) is 0 Å². The van der Waals surface area contributed by atoms with Gasteiger partial charge in [-0.05, 0) is 6.92 Å². The van der Waals surface area contributed by atoms with Gasteiger partial charge in [0.1, 0.15) is 0 Å². The van der Waals surface area contributed by atoms with Crippen LogP contribution in [0.15, 0.2) is 0 Å². The highest BCUT2D eigenvalue weighted by atomic mass is 16.5. The van der Waals surface area contributed by atoms with E-state index in [0.29, 0.717) is 13.2 Å². The molecule has 2 unspecified atom stereocenters. The summed E-state index contributed by atoms with van der Waals surface area (Å²) < 4.78 is 5.17. The van der Waals surface area contributed by atoms with E-state index in [9.17, 15) is 5.11 Å². The summed E-state index contributed by atoms with van der Waals surface area (Å²) >= 11 is 0. The number of hydrogen-bond acceptors (Lipinski definition) is 4. The molecule has 1 fully saturated rings. The second-order valence-corrected chi connectivity index (χ2v) is 3.10. The predicted octanol–water partition coefficient (Wildman–Crippen LogP) is -1.28. The van der Waals surface area contributed by atoms with Gasteiger partial charge in [0.05, 0.1) is 31.5 Å². The Morgan fingerprint density at radius 2 is 2.45 bits per heavy atom. The molecule has 3 N–H and O–H groups in total. The molecule has 0 aromatic rings. The Labute approximate surface area is 66.2 Å². The van der Waals surface area contributed by atoms with Crippen LogP contribution >= 0.6 is 0 Å². The van der Waals surface area contributed by atoms with Crippen LogP contribution < -0.4 is 5.32 Å². The van der Waals surface area contributed by atoms with Gasteiger partial charge in [0.25, 0.3) is 0 Å². The van der Waals surface area contributed by atoms with Crippen LogP contribution in [0.1, 0.15) is 6.92 Å². The number of nitrogens with one attached hydrogen (secondary N) is 1. The van der Waals surface area contributed by atoms with Crippen LogP contribution in [0.25, 0.3) is 0 Å². The zero-order chi connectivity index (χ0) is 8.32. The smallest absolute Gasteiger partial charge is 0.0971 e. The number of morpholine rings is 1. The van der Waals surface area contributed by atoms with Gasteiger partial charge in [0, 0.05) is 6.54 Å². The molecule has 0 spiro atoms. The largest absolute Gasteiger partial charge is 0.394 e. The van der Waals surface area contributed by atoms with Crippen LogP contribution in [0.4, 0.5) is 0 Å². The highest BCUT2D eigenvalue weighted by Gasteiger charge is 2.34. The summed E-state index contributed by atoms with van der Waals surface area (Å²) in [4.78, 5) is 0. The van der Waals surface area contributed by atoms with Gasteiger partial charge in [-0.25, -0.2) is 0 Å². The minimum Gasteiger partial charge on any atom is -0.394 e. The number of ether oxygens (including phenoxy) is 1. The first-order valence-electron chi connectivity index (χ1n) is 3.81. The lowest BCUT2D eigenvalue weighted by Crippen LogP contribution is -2.60. The summed E-state index contributed by atoms with van der Waals surface area (Å²) in [6, 6.07) is 0. The van der Waals surface area contributed by atoms with Crippen molar-refractivity contribution >= 4 is 0 Å². The van der Waals surface area contributed by atoms with Gasteiger partial charge in [-0.1, -0.05) is 0 Å². The fourth-order valence-electron chi connectivity index (χ4n) is 1.16. The minimum atomic E-state index is -0.747. The molecule has 2 atom stereocenters. The summed E-state index contributed by atoms with van der Waals surface area (Å²) in [5.41, 5.74) is -0.479. The van der Waals surface area contributed by atoms with E-state index in [1.54, 1.807) is 0 Å². The molecule has 66 valence electrons. The van der Waals surface area contributed by atoms with Crippen molar-refractivity contribution < 1.29 is 14.9 Å². The second-order valence-electron chi connectivity index (χ2n) is 3.10. The van der Waals surface area contributed by atoms with Gasteiger partial charge >= 0.3 is 0 Å². The molecule has 11 heavy (non-hydrogen) atoms. The maximum Gasteiger partial charge on any atom is 0.0971 e. The molecule has 0 amide bonds. The van der Waals surface area contributed by atoms with Gasteiger partial charge in [-0.2, -0.15) is 0 Å². The molecule has 4 heteroatoms. The molecular weight excluding hydrogens is 146 g/mol. The van der Waals surface area contributed by atoms with Crippen molar-refractivity contribution in [3.8, 4) is 0 Å². The maximum absolute atomic E-state index is 9.35. The maximum atomic E-state index is 9.35. The Bertz CT molecular complexity index is 123. The second kappa shape index (κ2) is 3.49. The predicted molar refractivity (Wildman–Crippen MR) is 40.3 cm³/mol. The molecule has 1 rings (SSSR count). The van der Waals surface area contributed by atoms with Crippen molar-refractivity contribution in [1.82, 2.24) is 5.32 Å². The highest BCUT2D eigenvalue weighted by molar-refractivity contribution is 4.92. The normalized spacial score (nSPS) is 35.2. The molecule has 0 bridgehead atoms. The van der Waals surface area contributed by atoms with Crippen LogP contribution in [0, 0.1) is 0 Å². The van der Waals surface area contributed by atoms with E-state index < -0.39 is 11.6 Å². The molecule has 0 aromatic carbocycles. The van der Waals surface area contributed by atoms with Gasteiger partial charge in [-0.15, -0.1) is 0 Å². The van der Waals surface area contributed by atoms with E-state index in [1.807, 2.05) is 6.92 Å². The minimum absolute atomic E-state index is 0.229. The Balaban J connectivity index is 2.49. The molecule has 4 nitrogen and oxygen atoms in total. The van der Waals surface area contributed by atoms with Crippen molar-refractivity contribution in [3.63, 3.8) is 0 Å². The van der Waals surface area contributed by atoms with Crippen molar-refractivity contribution in [2.45, 2.75) is 18.6 Å². The molecule has 0 radical (unpaired) electrons. The third-order valence-corrected chi connectivity index (χ3v) is 2.09. The van der Waals surface area contributed by atoms with Crippen molar-refractivity contribution in [2.24, 2.45) is 0 Å². The molecular formula is C7H15NO3. The number of aliphatic hydroxyl groups is 2. The highest BCUT2D eigenvalue weighted by Crippen LogP contribution is 2.13. The molecule has 0 aliphatic carbocycles. The lowest BCUT2D eigenvalue weighted by Gasteiger charge is -2.37. The number of hydrogen-bond donors (Lipinski definition) is 3. The van der Waals surface area contributed by atoms with E-state index in [-0.39, 0.29) is 6.61 Å². The number of rotatable bonds is 2. The first kappa shape index (κ1) is 8.93. The summed E-state index contributed by atoms with van der Waals surface area (Å²) in [5.74, 6) is 0. The molecule has 0 aromatic heterocycles. The average molecular weight is 161 g/mol. The van der Waals surface area contributed by atoms with Crippen molar-refractivity contribution in [2.75, 3.05) is 26.4 Å². The summed E-state index contributed by atoms with van der Waals surface area (Å²) in [6.07, 6.45) is -0.747. The Morgan fingerprint density at radius 1 is 1.73 bits per heavy atom. The van der Waals surface area contributed by atoms with Gasteiger partial charge in [0.15, 0.2) is 0 Å². The molecule has 1 aliphatic heterocycles. The van der Waals surface area contributed by atoms with Gasteiger partial charge in [0.2, 0.25) is 0 Å². The zero-order valence-corrected chi connectivity index (χ0v) is 6.71. The van der Waals surface area contributed by atoms with Crippen molar-refractivity contribution in [3.05, 3.63) is 0 Å². The third-order valence-electron chi connectivity index (χ3n) is 2.09. The van der Waals surface area contributed by atoms with Gasteiger partial charge in [-0.3, -0.25) is 0 Å². The van der Waals surface area contributed by atoms with E-state index >= 15 is 0 Å². The molecule has 0 saturated carbocycles. The summed E-state index contributed by atoms with van der Waals surface area (Å²) in [5, 5.41) is 21.2.